The largest absolute Gasteiger partial charge is 0.364 e. The molecule has 2 rings (SSSR count). The summed E-state index contributed by atoms with van der Waals surface area (Å²) in [7, 11) is -3.18. The van der Waals surface area contributed by atoms with E-state index < -0.39 is 9.84 Å². The summed E-state index contributed by atoms with van der Waals surface area (Å²) in [5.41, 5.74) is 1.46. The second-order valence-electron chi connectivity index (χ2n) is 4.75. The van der Waals surface area contributed by atoms with Crippen LogP contribution in [0.2, 0.25) is 0 Å². The fraction of sp³-hybridized carbons (Fsp3) is 0.200. The first-order valence-corrected chi connectivity index (χ1v) is 8.22. The number of rotatable bonds is 4. The Morgan fingerprint density at radius 3 is 2.33 bits per heavy atom. The van der Waals surface area contributed by atoms with Crippen molar-refractivity contribution in [2.24, 2.45) is 0 Å². The van der Waals surface area contributed by atoms with E-state index in [0.29, 0.717) is 16.3 Å². The quantitative estimate of drug-likeness (QED) is 0.938. The molecule has 0 spiro atoms. The van der Waals surface area contributed by atoms with Gasteiger partial charge < -0.3 is 5.32 Å². The summed E-state index contributed by atoms with van der Waals surface area (Å²) in [5.74, 6) is 0.661. The first-order chi connectivity index (χ1) is 9.90. The summed E-state index contributed by atoms with van der Waals surface area (Å²) < 4.78 is 22.8. The number of aromatic nitrogens is 1. The van der Waals surface area contributed by atoms with Gasteiger partial charge in [-0.05, 0) is 36.8 Å². The minimum atomic E-state index is -3.18. The SMILES string of the molecule is C[C@@H](Nc1ccc(C#N)cn1)c1ccc(S(C)(=O)=O)cc1. The highest BCUT2D eigenvalue weighted by Crippen LogP contribution is 2.19. The monoisotopic (exact) mass is 301 g/mol. The van der Waals surface area contributed by atoms with Crippen molar-refractivity contribution in [3.05, 3.63) is 53.7 Å². The molecule has 1 atom stereocenters. The summed E-state index contributed by atoms with van der Waals surface area (Å²) in [5, 5.41) is 11.9. The molecule has 0 aliphatic rings. The topological polar surface area (TPSA) is 82.8 Å². The van der Waals surface area contributed by atoms with Crippen molar-refractivity contribution in [1.82, 2.24) is 4.98 Å². The number of pyridine rings is 1. The third kappa shape index (κ3) is 3.80. The van der Waals surface area contributed by atoms with E-state index in [0.717, 1.165) is 5.56 Å². The molecule has 0 saturated heterocycles. The van der Waals surface area contributed by atoms with Crippen LogP contribution < -0.4 is 5.32 Å². The summed E-state index contributed by atoms with van der Waals surface area (Å²) in [6, 6.07) is 12.1. The van der Waals surface area contributed by atoms with Crippen LogP contribution in [0.1, 0.15) is 24.1 Å². The molecule has 0 fully saturated rings. The highest BCUT2D eigenvalue weighted by atomic mass is 32.2. The predicted octanol–water partition coefficient (Wildman–Crippen LogP) is 2.53. The molecule has 108 valence electrons. The average Bonchev–Trinajstić information content (AvgIpc) is 2.47. The van der Waals surface area contributed by atoms with E-state index in [1.54, 1.807) is 36.4 Å². The number of sulfone groups is 1. The van der Waals surface area contributed by atoms with Gasteiger partial charge in [-0.3, -0.25) is 0 Å². The molecule has 6 heteroatoms. The van der Waals surface area contributed by atoms with Crippen molar-refractivity contribution in [3.63, 3.8) is 0 Å². The summed E-state index contributed by atoms with van der Waals surface area (Å²) in [4.78, 5) is 4.44. The van der Waals surface area contributed by atoms with Gasteiger partial charge in [0.25, 0.3) is 0 Å². The van der Waals surface area contributed by atoms with E-state index in [9.17, 15) is 8.42 Å². The number of anilines is 1. The first-order valence-electron chi connectivity index (χ1n) is 6.33. The Morgan fingerprint density at radius 2 is 1.86 bits per heavy atom. The minimum absolute atomic E-state index is 0.0287. The molecule has 0 bridgehead atoms. The van der Waals surface area contributed by atoms with Gasteiger partial charge in [0.15, 0.2) is 9.84 Å². The van der Waals surface area contributed by atoms with Crippen molar-refractivity contribution in [2.75, 3.05) is 11.6 Å². The fourth-order valence-electron chi connectivity index (χ4n) is 1.85. The third-order valence-electron chi connectivity index (χ3n) is 3.07. The van der Waals surface area contributed by atoms with Crippen LogP contribution >= 0.6 is 0 Å². The molecule has 0 aliphatic carbocycles. The Hall–Kier alpha value is -2.39. The second kappa shape index (κ2) is 5.94. The first kappa shape index (κ1) is 15.0. The molecular formula is C15H15N3O2S. The van der Waals surface area contributed by atoms with Crippen LogP contribution in [0.25, 0.3) is 0 Å². The highest BCUT2D eigenvalue weighted by Gasteiger charge is 2.10. The molecule has 0 aliphatic heterocycles. The van der Waals surface area contributed by atoms with E-state index >= 15 is 0 Å². The zero-order chi connectivity index (χ0) is 15.5. The zero-order valence-electron chi connectivity index (χ0n) is 11.7. The van der Waals surface area contributed by atoms with Gasteiger partial charge in [-0.1, -0.05) is 12.1 Å². The zero-order valence-corrected chi connectivity index (χ0v) is 12.6. The lowest BCUT2D eigenvalue weighted by molar-refractivity contribution is 0.602. The van der Waals surface area contributed by atoms with E-state index in [-0.39, 0.29) is 6.04 Å². The predicted molar refractivity (Wildman–Crippen MR) is 80.5 cm³/mol. The number of nitrogens with one attached hydrogen (secondary N) is 1. The standard InChI is InChI=1S/C15H15N3O2S/c1-11(18-15-8-3-12(9-16)10-17-15)13-4-6-14(7-5-13)21(2,19)20/h3-8,10-11H,1-2H3,(H,17,18)/t11-/m1/s1. The molecule has 1 heterocycles. The van der Waals surface area contributed by atoms with Gasteiger partial charge in [0, 0.05) is 18.5 Å². The van der Waals surface area contributed by atoms with Crippen LogP contribution in [0.5, 0.6) is 0 Å². The smallest absolute Gasteiger partial charge is 0.175 e. The van der Waals surface area contributed by atoms with Crippen molar-refractivity contribution in [3.8, 4) is 6.07 Å². The lowest BCUT2D eigenvalue weighted by Crippen LogP contribution is -2.08. The maximum atomic E-state index is 11.4. The molecule has 0 saturated carbocycles. The fourth-order valence-corrected chi connectivity index (χ4v) is 2.48. The van der Waals surface area contributed by atoms with Crippen LogP contribution in [0.15, 0.2) is 47.5 Å². The minimum Gasteiger partial charge on any atom is -0.364 e. The molecule has 1 N–H and O–H groups in total. The maximum Gasteiger partial charge on any atom is 0.175 e. The van der Waals surface area contributed by atoms with Crippen molar-refractivity contribution in [2.45, 2.75) is 17.9 Å². The summed E-state index contributed by atoms with van der Waals surface area (Å²) in [6.07, 6.45) is 2.69. The number of benzene rings is 1. The lowest BCUT2D eigenvalue weighted by Gasteiger charge is -2.15. The van der Waals surface area contributed by atoms with Crippen LogP contribution in [0.4, 0.5) is 5.82 Å². The Morgan fingerprint density at radius 1 is 1.19 bits per heavy atom. The van der Waals surface area contributed by atoms with Gasteiger partial charge in [0.05, 0.1) is 10.5 Å². The Bertz CT molecular complexity index is 760. The maximum absolute atomic E-state index is 11.4. The van der Waals surface area contributed by atoms with E-state index in [1.807, 2.05) is 13.0 Å². The molecule has 1 aromatic heterocycles. The Kier molecular flexibility index (Phi) is 4.24. The number of hydrogen-bond acceptors (Lipinski definition) is 5. The van der Waals surface area contributed by atoms with Crippen molar-refractivity contribution >= 4 is 15.7 Å². The van der Waals surface area contributed by atoms with Gasteiger partial charge in [-0.25, -0.2) is 13.4 Å². The van der Waals surface area contributed by atoms with Crippen LogP contribution in [-0.2, 0) is 9.84 Å². The summed E-state index contributed by atoms with van der Waals surface area (Å²) >= 11 is 0. The number of hydrogen-bond donors (Lipinski definition) is 1. The molecule has 0 unspecified atom stereocenters. The van der Waals surface area contributed by atoms with Crippen molar-refractivity contribution < 1.29 is 8.42 Å². The molecule has 21 heavy (non-hydrogen) atoms. The van der Waals surface area contributed by atoms with E-state index in [1.165, 1.54) is 12.5 Å². The van der Waals surface area contributed by atoms with E-state index in [4.69, 9.17) is 5.26 Å². The summed E-state index contributed by atoms with van der Waals surface area (Å²) in [6.45, 7) is 1.95. The molecular weight excluding hydrogens is 286 g/mol. The van der Waals surface area contributed by atoms with Crippen LogP contribution in [0, 0.1) is 11.3 Å². The van der Waals surface area contributed by atoms with Crippen LogP contribution in [-0.4, -0.2) is 19.7 Å². The Balaban J connectivity index is 2.13. The second-order valence-corrected chi connectivity index (χ2v) is 6.77. The molecule has 1 aromatic carbocycles. The molecule has 2 aromatic rings. The lowest BCUT2D eigenvalue weighted by atomic mass is 10.1. The number of nitriles is 1. The van der Waals surface area contributed by atoms with Gasteiger partial charge >= 0.3 is 0 Å². The Labute approximate surface area is 124 Å². The number of nitrogens with zero attached hydrogens (tertiary/aromatic N) is 2. The molecule has 0 radical (unpaired) electrons. The molecule has 0 amide bonds. The van der Waals surface area contributed by atoms with E-state index in [2.05, 4.69) is 10.3 Å². The van der Waals surface area contributed by atoms with Gasteiger partial charge in [0.2, 0.25) is 0 Å². The van der Waals surface area contributed by atoms with Crippen molar-refractivity contribution in [1.29, 1.82) is 5.26 Å². The van der Waals surface area contributed by atoms with Gasteiger partial charge in [-0.2, -0.15) is 5.26 Å². The third-order valence-corrected chi connectivity index (χ3v) is 4.19. The average molecular weight is 301 g/mol. The normalized spacial score (nSPS) is 12.4. The van der Waals surface area contributed by atoms with Gasteiger partial charge in [0.1, 0.15) is 11.9 Å². The highest BCUT2D eigenvalue weighted by molar-refractivity contribution is 7.90. The molecule has 5 nitrogen and oxygen atoms in total. The van der Waals surface area contributed by atoms with Gasteiger partial charge in [-0.15, -0.1) is 0 Å². The van der Waals surface area contributed by atoms with Crippen LogP contribution in [0.3, 0.4) is 0 Å².